The minimum absolute atomic E-state index is 0.0165. The molecular weight excluding hydrogens is 356 g/mol. The van der Waals surface area contributed by atoms with E-state index >= 15 is 0 Å². The molecule has 6 heteroatoms. The molecule has 0 radical (unpaired) electrons. The molecule has 0 saturated carbocycles. The number of amides is 1. The van der Waals surface area contributed by atoms with Crippen molar-refractivity contribution in [1.82, 2.24) is 9.80 Å². The monoisotopic (exact) mass is 386 g/mol. The number of hydrogen-bond acceptors (Lipinski definition) is 5. The van der Waals surface area contributed by atoms with Crippen LogP contribution in [0.5, 0.6) is 11.5 Å². The number of carbonyl (C=O) groups excluding carboxylic acids is 2. The van der Waals surface area contributed by atoms with E-state index in [9.17, 15) is 9.59 Å². The van der Waals surface area contributed by atoms with E-state index < -0.39 is 0 Å². The average Bonchev–Trinajstić information content (AvgIpc) is 2.73. The third-order valence-corrected chi connectivity index (χ3v) is 6.27. The number of fused-ring (bicyclic) bond motifs is 1. The lowest BCUT2D eigenvalue weighted by molar-refractivity contribution is -0.135. The first-order valence-electron chi connectivity index (χ1n) is 10.6. The van der Waals surface area contributed by atoms with E-state index in [1.807, 2.05) is 23.1 Å². The molecule has 3 aliphatic rings. The fraction of sp³-hybridized carbons (Fsp3) is 0.636. The maximum atomic E-state index is 12.9. The minimum Gasteiger partial charge on any atom is -0.486 e. The SMILES string of the molecule is CC1CCCCN1C(=O)CN1CCC(C(=O)c2ccc3c(c2)OCCO3)CC1. The Morgan fingerprint density at radius 1 is 1.00 bits per heavy atom. The summed E-state index contributed by atoms with van der Waals surface area (Å²) in [6.07, 6.45) is 5.05. The number of ketones is 1. The second-order valence-corrected chi connectivity index (χ2v) is 8.21. The van der Waals surface area contributed by atoms with E-state index in [2.05, 4.69) is 11.8 Å². The molecule has 1 aromatic carbocycles. The summed E-state index contributed by atoms with van der Waals surface area (Å²) in [6, 6.07) is 5.83. The van der Waals surface area contributed by atoms with Gasteiger partial charge >= 0.3 is 0 Å². The van der Waals surface area contributed by atoms with Crippen LogP contribution in [-0.4, -0.2) is 66.9 Å². The van der Waals surface area contributed by atoms with Crippen LogP contribution in [-0.2, 0) is 4.79 Å². The Hall–Kier alpha value is -2.08. The van der Waals surface area contributed by atoms with E-state index in [1.165, 1.54) is 6.42 Å². The van der Waals surface area contributed by atoms with Crippen molar-refractivity contribution < 1.29 is 19.1 Å². The van der Waals surface area contributed by atoms with Gasteiger partial charge in [-0.1, -0.05) is 0 Å². The van der Waals surface area contributed by atoms with E-state index in [0.717, 1.165) is 45.3 Å². The first-order chi connectivity index (χ1) is 13.6. The van der Waals surface area contributed by atoms with Crippen LogP contribution in [0.2, 0.25) is 0 Å². The van der Waals surface area contributed by atoms with Crippen LogP contribution in [0.4, 0.5) is 0 Å². The number of benzene rings is 1. The van der Waals surface area contributed by atoms with E-state index in [0.29, 0.717) is 42.9 Å². The molecule has 1 unspecified atom stereocenters. The lowest BCUT2D eigenvalue weighted by Crippen LogP contribution is -2.48. The molecule has 0 aromatic heterocycles. The summed E-state index contributed by atoms with van der Waals surface area (Å²) in [4.78, 5) is 29.8. The summed E-state index contributed by atoms with van der Waals surface area (Å²) in [5.41, 5.74) is 0.695. The maximum Gasteiger partial charge on any atom is 0.236 e. The van der Waals surface area contributed by atoms with Gasteiger partial charge in [-0.25, -0.2) is 0 Å². The predicted octanol–water partition coefficient (Wildman–Crippen LogP) is 2.75. The molecule has 0 bridgehead atoms. The molecule has 28 heavy (non-hydrogen) atoms. The standard InChI is InChI=1S/C22H30N2O4/c1-16-4-2-3-9-24(16)21(25)15-23-10-7-17(8-11-23)22(26)18-5-6-19-20(14-18)28-13-12-27-19/h5-6,14,16-17H,2-4,7-13,15H2,1H3. The van der Waals surface area contributed by atoms with Crippen LogP contribution < -0.4 is 9.47 Å². The lowest BCUT2D eigenvalue weighted by atomic mass is 9.88. The lowest BCUT2D eigenvalue weighted by Gasteiger charge is -2.36. The zero-order chi connectivity index (χ0) is 19.5. The molecule has 2 fully saturated rings. The van der Waals surface area contributed by atoms with Crippen molar-refractivity contribution in [3.8, 4) is 11.5 Å². The fourth-order valence-electron chi connectivity index (χ4n) is 4.54. The summed E-state index contributed by atoms with van der Waals surface area (Å²) >= 11 is 0. The number of piperidine rings is 2. The van der Waals surface area contributed by atoms with Gasteiger partial charge in [-0.2, -0.15) is 0 Å². The van der Waals surface area contributed by atoms with Gasteiger partial charge in [0.15, 0.2) is 17.3 Å². The molecule has 0 spiro atoms. The molecule has 0 aliphatic carbocycles. The highest BCUT2D eigenvalue weighted by atomic mass is 16.6. The average molecular weight is 386 g/mol. The molecular formula is C22H30N2O4. The molecule has 2 saturated heterocycles. The largest absolute Gasteiger partial charge is 0.486 e. The second-order valence-electron chi connectivity index (χ2n) is 8.21. The number of Topliss-reactive ketones (excluding diaryl/α,β-unsaturated/α-hetero) is 1. The Labute approximate surface area is 166 Å². The molecule has 3 aliphatic heterocycles. The van der Waals surface area contributed by atoms with Gasteiger partial charge in [-0.3, -0.25) is 14.5 Å². The van der Waals surface area contributed by atoms with Crippen LogP contribution >= 0.6 is 0 Å². The van der Waals surface area contributed by atoms with Crippen LogP contribution in [0.3, 0.4) is 0 Å². The Balaban J connectivity index is 1.30. The van der Waals surface area contributed by atoms with E-state index in [-0.39, 0.29) is 17.6 Å². The Kier molecular flexibility index (Phi) is 5.85. The van der Waals surface area contributed by atoms with Gasteiger partial charge < -0.3 is 14.4 Å². The molecule has 152 valence electrons. The van der Waals surface area contributed by atoms with Gasteiger partial charge in [-0.05, 0) is 70.3 Å². The first-order valence-corrected chi connectivity index (χ1v) is 10.6. The molecule has 1 aromatic rings. The number of hydrogen-bond donors (Lipinski definition) is 0. The Morgan fingerprint density at radius 3 is 2.50 bits per heavy atom. The molecule has 6 nitrogen and oxygen atoms in total. The Bertz CT molecular complexity index is 727. The zero-order valence-corrected chi connectivity index (χ0v) is 16.7. The van der Waals surface area contributed by atoms with Crippen molar-refractivity contribution in [2.45, 2.75) is 45.1 Å². The summed E-state index contributed by atoms with van der Waals surface area (Å²) in [5, 5.41) is 0. The van der Waals surface area contributed by atoms with Crippen LogP contribution in [0, 0.1) is 5.92 Å². The third-order valence-electron chi connectivity index (χ3n) is 6.27. The highest BCUT2D eigenvalue weighted by Crippen LogP contribution is 2.32. The summed E-state index contributed by atoms with van der Waals surface area (Å²) in [7, 11) is 0. The van der Waals surface area contributed by atoms with Crippen molar-refractivity contribution in [3.05, 3.63) is 23.8 Å². The van der Waals surface area contributed by atoms with Gasteiger partial charge in [-0.15, -0.1) is 0 Å². The van der Waals surface area contributed by atoms with Crippen molar-refractivity contribution >= 4 is 11.7 Å². The van der Waals surface area contributed by atoms with Crippen molar-refractivity contribution in [1.29, 1.82) is 0 Å². The number of ether oxygens (including phenoxy) is 2. The number of likely N-dealkylation sites (tertiary alicyclic amines) is 2. The third kappa shape index (κ3) is 4.17. The molecule has 3 heterocycles. The molecule has 4 rings (SSSR count). The first kappa shape index (κ1) is 19.2. The van der Waals surface area contributed by atoms with Crippen molar-refractivity contribution in [2.24, 2.45) is 5.92 Å². The van der Waals surface area contributed by atoms with E-state index in [1.54, 1.807) is 0 Å². The molecule has 0 N–H and O–H groups in total. The Morgan fingerprint density at radius 2 is 1.75 bits per heavy atom. The number of nitrogens with zero attached hydrogens (tertiary/aromatic N) is 2. The minimum atomic E-state index is 0.0165. The summed E-state index contributed by atoms with van der Waals surface area (Å²) < 4.78 is 11.1. The molecule has 1 atom stereocenters. The summed E-state index contributed by atoms with van der Waals surface area (Å²) in [6.45, 7) is 6.19. The molecule has 1 amide bonds. The van der Waals surface area contributed by atoms with Crippen LogP contribution in [0.15, 0.2) is 18.2 Å². The van der Waals surface area contributed by atoms with Crippen LogP contribution in [0.1, 0.15) is 49.4 Å². The van der Waals surface area contributed by atoms with Crippen molar-refractivity contribution in [3.63, 3.8) is 0 Å². The van der Waals surface area contributed by atoms with Gasteiger partial charge in [0.25, 0.3) is 0 Å². The van der Waals surface area contributed by atoms with Gasteiger partial charge in [0.2, 0.25) is 5.91 Å². The van der Waals surface area contributed by atoms with E-state index in [4.69, 9.17) is 9.47 Å². The maximum absolute atomic E-state index is 12.9. The number of rotatable bonds is 4. The highest BCUT2D eigenvalue weighted by molar-refractivity contribution is 5.98. The number of carbonyl (C=O) groups is 2. The fourth-order valence-corrected chi connectivity index (χ4v) is 4.54. The van der Waals surface area contributed by atoms with Gasteiger partial charge in [0.05, 0.1) is 6.54 Å². The highest BCUT2D eigenvalue weighted by Gasteiger charge is 2.30. The predicted molar refractivity (Wildman–Crippen MR) is 106 cm³/mol. The summed E-state index contributed by atoms with van der Waals surface area (Å²) in [5.74, 6) is 1.80. The zero-order valence-electron chi connectivity index (χ0n) is 16.7. The van der Waals surface area contributed by atoms with Gasteiger partial charge in [0.1, 0.15) is 13.2 Å². The quantitative estimate of drug-likeness (QED) is 0.745. The van der Waals surface area contributed by atoms with Gasteiger partial charge in [0, 0.05) is 24.1 Å². The normalized spacial score (nSPS) is 23.5. The van der Waals surface area contributed by atoms with Crippen LogP contribution in [0.25, 0.3) is 0 Å². The van der Waals surface area contributed by atoms with Crippen molar-refractivity contribution in [2.75, 3.05) is 39.4 Å². The second kappa shape index (κ2) is 8.52. The topological polar surface area (TPSA) is 59.1 Å². The smallest absolute Gasteiger partial charge is 0.236 e.